The molecule has 0 bridgehead atoms. The van der Waals surface area contributed by atoms with Crippen molar-refractivity contribution in [3.63, 3.8) is 0 Å². The predicted octanol–water partition coefficient (Wildman–Crippen LogP) is 5.60. The van der Waals surface area contributed by atoms with Gasteiger partial charge in [0, 0.05) is 42.4 Å². The van der Waals surface area contributed by atoms with Gasteiger partial charge in [0.05, 0.1) is 23.3 Å². The fourth-order valence-electron chi connectivity index (χ4n) is 5.36. The van der Waals surface area contributed by atoms with E-state index in [0.717, 1.165) is 40.9 Å². The number of hydrogen-bond acceptors (Lipinski definition) is 4. The Morgan fingerprint density at radius 3 is 2.67 bits per heavy atom. The Labute approximate surface area is 208 Å². The van der Waals surface area contributed by atoms with E-state index < -0.39 is 5.60 Å². The average molecular weight is 524 g/mol. The second-order valence-corrected chi connectivity index (χ2v) is 11.4. The van der Waals surface area contributed by atoms with Crippen LogP contribution in [0.15, 0.2) is 34.0 Å². The second-order valence-electron chi connectivity index (χ2n) is 10.5. The summed E-state index contributed by atoms with van der Waals surface area (Å²) in [5.41, 5.74) is 0.606. The minimum absolute atomic E-state index is 0.000966. The van der Waals surface area contributed by atoms with E-state index in [1.165, 1.54) is 38.5 Å². The number of nitrogens with one attached hydrogen (secondary N) is 1. The van der Waals surface area contributed by atoms with Gasteiger partial charge in [0.15, 0.2) is 0 Å². The van der Waals surface area contributed by atoms with Gasteiger partial charge in [-0.1, -0.05) is 73.5 Å². The molecule has 3 aliphatic rings. The lowest BCUT2D eigenvalue weighted by molar-refractivity contribution is -0.117. The zero-order valence-corrected chi connectivity index (χ0v) is 22.4. The molecule has 2 fully saturated rings. The van der Waals surface area contributed by atoms with Gasteiger partial charge in [-0.2, -0.15) is 0 Å². The van der Waals surface area contributed by atoms with E-state index in [-0.39, 0.29) is 11.4 Å². The standard InChI is InChI=1S/C27H43BrN2O3/c1-4-5-12-23(28)24-22(25(31)29-16-13-21-10-8-6-7-9-11-21)19-30(26(24,2)3)17-14-27(32)15-18-33-20-27/h5,12,19,21,32H,4,6-11,13-18,20H2,1-3H3,(H,29,31)/b12-5-,24-23+. The highest BCUT2D eigenvalue weighted by Crippen LogP contribution is 2.42. The molecule has 2 aliphatic heterocycles. The second kappa shape index (κ2) is 12.0. The molecular weight excluding hydrogens is 480 g/mol. The topological polar surface area (TPSA) is 61.8 Å². The Morgan fingerprint density at radius 2 is 2.03 bits per heavy atom. The first-order valence-electron chi connectivity index (χ1n) is 12.9. The number of carbonyl (C=O) groups is 1. The summed E-state index contributed by atoms with van der Waals surface area (Å²) in [4.78, 5) is 15.6. The van der Waals surface area contributed by atoms with E-state index in [2.05, 4.69) is 59.1 Å². The molecule has 1 saturated heterocycles. The van der Waals surface area contributed by atoms with Crippen molar-refractivity contribution in [2.45, 2.75) is 96.1 Å². The van der Waals surface area contributed by atoms with Crippen molar-refractivity contribution in [1.82, 2.24) is 10.2 Å². The minimum atomic E-state index is -0.767. The van der Waals surface area contributed by atoms with Gasteiger partial charge in [0.1, 0.15) is 0 Å². The summed E-state index contributed by atoms with van der Waals surface area (Å²) in [6.45, 7) is 8.83. The largest absolute Gasteiger partial charge is 0.387 e. The van der Waals surface area contributed by atoms with E-state index in [9.17, 15) is 9.90 Å². The van der Waals surface area contributed by atoms with Crippen molar-refractivity contribution in [2.24, 2.45) is 5.92 Å². The Morgan fingerprint density at radius 1 is 1.30 bits per heavy atom. The summed E-state index contributed by atoms with van der Waals surface area (Å²) in [7, 11) is 0. The molecule has 1 aliphatic carbocycles. The lowest BCUT2D eigenvalue weighted by Crippen LogP contribution is -2.42. The fraction of sp³-hybridized carbons (Fsp3) is 0.741. The Kier molecular flexibility index (Phi) is 9.66. The number of carbonyl (C=O) groups excluding carboxylic acids is 1. The summed E-state index contributed by atoms with van der Waals surface area (Å²) in [5, 5.41) is 14.0. The van der Waals surface area contributed by atoms with Crippen molar-refractivity contribution < 1.29 is 14.6 Å². The minimum Gasteiger partial charge on any atom is -0.387 e. The first-order chi connectivity index (χ1) is 15.8. The zero-order valence-electron chi connectivity index (χ0n) is 20.8. The smallest absolute Gasteiger partial charge is 0.253 e. The highest BCUT2D eigenvalue weighted by Gasteiger charge is 2.42. The summed E-state index contributed by atoms with van der Waals surface area (Å²) in [6.07, 6.45) is 17.4. The van der Waals surface area contributed by atoms with E-state index in [0.29, 0.717) is 32.6 Å². The monoisotopic (exact) mass is 522 g/mol. The number of ether oxygens (including phenoxy) is 1. The van der Waals surface area contributed by atoms with E-state index in [4.69, 9.17) is 4.74 Å². The fourth-order valence-corrected chi connectivity index (χ4v) is 6.24. The lowest BCUT2D eigenvalue weighted by atomic mass is 9.89. The van der Waals surface area contributed by atoms with Crippen molar-refractivity contribution in [1.29, 1.82) is 0 Å². The van der Waals surface area contributed by atoms with Crippen LogP contribution in [0.3, 0.4) is 0 Å². The summed E-state index contributed by atoms with van der Waals surface area (Å²) >= 11 is 3.76. The predicted molar refractivity (Wildman–Crippen MR) is 138 cm³/mol. The number of nitrogens with zero attached hydrogens (tertiary/aromatic N) is 1. The van der Waals surface area contributed by atoms with Crippen LogP contribution < -0.4 is 5.32 Å². The van der Waals surface area contributed by atoms with Crippen LogP contribution in [-0.2, 0) is 9.53 Å². The van der Waals surface area contributed by atoms with Gasteiger partial charge in [-0.3, -0.25) is 4.79 Å². The number of hydrogen-bond donors (Lipinski definition) is 2. The number of allylic oxidation sites excluding steroid dienone is 3. The molecule has 0 aromatic carbocycles. The Hall–Kier alpha value is -1.11. The van der Waals surface area contributed by atoms with Crippen molar-refractivity contribution in [2.75, 3.05) is 26.3 Å². The van der Waals surface area contributed by atoms with E-state index in [1.54, 1.807) is 0 Å². The van der Waals surface area contributed by atoms with Crippen LogP contribution in [0.2, 0.25) is 0 Å². The van der Waals surface area contributed by atoms with Gasteiger partial charge in [-0.25, -0.2) is 0 Å². The van der Waals surface area contributed by atoms with Gasteiger partial charge in [-0.05, 0) is 39.0 Å². The maximum Gasteiger partial charge on any atom is 0.253 e. The van der Waals surface area contributed by atoms with Crippen LogP contribution in [0.5, 0.6) is 0 Å². The molecule has 2 heterocycles. The Bertz CT molecular complexity index is 757. The van der Waals surface area contributed by atoms with Crippen LogP contribution in [0.25, 0.3) is 0 Å². The lowest BCUT2D eigenvalue weighted by Gasteiger charge is -2.36. The maximum absolute atomic E-state index is 13.3. The van der Waals surface area contributed by atoms with Crippen molar-refractivity contribution in [3.8, 4) is 0 Å². The molecule has 5 nitrogen and oxygen atoms in total. The summed E-state index contributed by atoms with van der Waals surface area (Å²) in [6, 6.07) is 0. The van der Waals surface area contributed by atoms with Crippen LogP contribution in [-0.4, -0.2) is 53.4 Å². The summed E-state index contributed by atoms with van der Waals surface area (Å²) in [5.74, 6) is 0.737. The highest BCUT2D eigenvalue weighted by atomic mass is 79.9. The first-order valence-corrected chi connectivity index (χ1v) is 13.7. The van der Waals surface area contributed by atoms with Crippen LogP contribution in [0.1, 0.15) is 85.0 Å². The van der Waals surface area contributed by atoms with Gasteiger partial charge >= 0.3 is 0 Å². The van der Waals surface area contributed by atoms with E-state index in [1.807, 2.05) is 6.20 Å². The van der Waals surface area contributed by atoms with Crippen LogP contribution in [0, 0.1) is 5.92 Å². The number of halogens is 1. The SMILES string of the molecule is CC/C=C\C(Br)=C1\C(C(=O)NCCC2CCCCCC2)=CN(CCC2(O)CCOC2)C1(C)C. The average Bonchev–Trinajstić information content (AvgIpc) is 3.20. The molecule has 2 N–H and O–H groups in total. The third-order valence-electron chi connectivity index (χ3n) is 7.58. The molecule has 6 heteroatoms. The quantitative estimate of drug-likeness (QED) is 0.387. The number of amides is 1. The molecule has 0 aromatic heterocycles. The third-order valence-corrected chi connectivity index (χ3v) is 8.24. The molecule has 0 spiro atoms. The van der Waals surface area contributed by atoms with Crippen LogP contribution >= 0.6 is 15.9 Å². The van der Waals surface area contributed by atoms with Gasteiger partial charge in [0.2, 0.25) is 0 Å². The molecule has 1 amide bonds. The molecule has 1 atom stereocenters. The summed E-state index contributed by atoms with van der Waals surface area (Å²) < 4.78 is 6.37. The van der Waals surface area contributed by atoms with Crippen LogP contribution in [0.4, 0.5) is 0 Å². The number of rotatable bonds is 9. The Balaban J connectivity index is 1.72. The molecule has 186 valence electrons. The number of aliphatic hydroxyl groups is 1. The molecule has 3 rings (SSSR count). The highest BCUT2D eigenvalue weighted by molar-refractivity contribution is 9.11. The molecule has 33 heavy (non-hydrogen) atoms. The first kappa shape index (κ1) is 26.5. The van der Waals surface area contributed by atoms with E-state index >= 15 is 0 Å². The normalized spacial score (nSPS) is 27.7. The third kappa shape index (κ3) is 6.95. The van der Waals surface area contributed by atoms with Crippen molar-refractivity contribution in [3.05, 3.63) is 34.0 Å². The zero-order chi connectivity index (χ0) is 23.9. The molecule has 1 unspecified atom stereocenters. The molecule has 0 radical (unpaired) electrons. The van der Waals surface area contributed by atoms with Crippen molar-refractivity contribution >= 4 is 21.8 Å². The molecule has 1 saturated carbocycles. The molecular formula is C27H43BrN2O3. The van der Waals surface area contributed by atoms with Gasteiger partial charge < -0.3 is 20.1 Å². The van der Waals surface area contributed by atoms with Gasteiger partial charge in [0.25, 0.3) is 5.91 Å². The molecule has 0 aromatic rings. The van der Waals surface area contributed by atoms with Gasteiger partial charge in [-0.15, -0.1) is 0 Å². The maximum atomic E-state index is 13.3.